The zero-order chi connectivity index (χ0) is 21.1. The lowest BCUT2D eigenvalue weighted by atomic mass is 9.88. The van der Waals surface area contributed by atoms with Crippen molar-refractivity contribution in [2.24, 2.45) is 17.6 Å². The Hall–Kier alpha value is -2.11. The number of allylic oxidation sites excluding steroid dienone is 3. The zero-order valence-corrected chi connectivity index (χ0v) is 17.4. The van der Waals surface area contributed by atoms with Crippen molar-refractivity contribution >= 4 is 5.91 Å². The van der Waals surface area contributed by atoms with Crippen LogP contribution in [0.4, 0.5) is 0 Å². The molecule has 5 heteroatoms. The summed E-state index contributed by atoms with van der Waals surface area (Å²) in [6.07, 6.45) is 10.8. The molecule has 1 aliphatic rings. The number of hydrogen-bond acceptors (Lipinski definition) is 4. The summed E-state index contributed by atoms with van der Waals surface area (Å²) >= 11 is 0. The fraction of sp³-hybridized carbons (Fsp3) is 0.542. The number of amides is 1. The maximum Gasteiger partial charge on any atom is 0.217 e. The molecule has 1 fully saturated rings. The first kappa shape index (κ1) is 23.2. The van der Waals surface area contributed by atoms with E-state index in [0.717, 1.165) is 37.9 Å². The van der Waals surface area contributed by atoms with Crippen molar-refractivity contribution in [2.45, 2.75) is 63.6 Å². The van der Waals surface area contributed by atoms with Gasteiger partial charge >= 0.3 is 0 Å². The van der Waals surface area contributed by atoms with E-state index in [-0.39, 0.29) is 17.7 Å². The maximum atomic E-state index is 10.8. The van der Waals surface area contributed by atoms with Crippen molar-refractivity contribution in [3.05, 3.63) is 59.9 Å². The first-order valence-corrected chi connectivity index (χ1v) is 10.6. The fourth-order valence-electron chi connectivity index (χ4n) is 4.11. The highest BCUT2D eigenvalue weighted by Gasteiger charge is 2.43. The van der Waals surface area contributed by atoms with Crippen molar-refractivity contribution < 1.29 is 19.7 Å². The second-order valence-electron chi connectivity index (χ2n) is 7.81. The Kier molecular flexibility index (Phi) is 9.95. The third-order valence-corrected chi connectivity index (χ3v) is 5.64. The second-order valence-corrected chi connectivity index (χ2v) is 7.81. The quantitative estimate of drug-likeness (QED) is 0.284. The summed E-state index contributed by atoms with van der Waals surface area (Å²) < 4.78 is 5.62. The van der Waals surface area contributed by atoms with Gasteiger partial charge in [0.15, 0.2) is 0 Å². The number of rotatable bonds is 12. The summed E-state index contributed by atoms with van der Waals surface area (Å²) in [6.45, 7) is 0. The van der Waals surface area contributed by atoms with Gasteiger partial charge in [0.2, 0.25) is 5.91 Å². The van der Waals surface area contributed by atoms with Crippen molar-refractivity contribution in [2.75, 3.05) is 7.11 Å². The number of aliphatic hydroxyl groups is 2. The number of ether oxygens (including phenoxy) is 1. The number of carbonyl (C=O) groups excluding carboxylic acids is 1. The number of benzene rings is 1. The Balaban J connectivity index is 1.89. The molecule has 0 aliphatic heterocycles. The van der Waals surface area contributed by atoms with Crippen LogP contribution >= 0.6 is 0 Å². The van der Waals surface area contributed by atoms with Crippen LogP contribution in [0.25, 0.3) is 0 Å². The number of unbranched alkanes of at least 4 members (excludes halogenated alkanes) is 2. The van der Waals surface area contributed by atoms with E-state index in [4.69, 9.17) is 10.5 Å². The van der Waals surface area contributed by atoms with Crippen LogP contribution in [0, 0.1) is 11.8 Å². The molecule has 0 bridgehead atoms. The third kappa shape index (κ3) is 7.67. The fourth-order valence-corrected chi connectivity index (χ4v) is 4.11. The van der Waals surface area contributed by atoms with Crippen LogP contribution in [0.3, 0.4) is 0 Å². The van der Waals surface area contributed by atoms with E-state index in [0.29, 0.717) is 19.3 Å². The molecule has 1 aromatic carbocycles. The van der Waals surface area contributed by atoms with E-state index < -0.39 is 12.2 Å². The summed E-state index contributed by atoms with van der Waals surface area (Å²) in [5, 5.41) is 20.9. The van der Waals surface area contributed by atoms with Gasteiger partial charge in [0.1, 0.15) is 0 Å². The molecule has 0 radical (unpaired) electrons. The lowest BCUT2D eigenvalue weighted by molar-refractivity contribution is -0.118. The number of hydrogen-bond donors (Lipinski definition) is 3. The summed E-state index contributed by atoms with van der Waals surface area (Å²) in [7, 11) is 1.64. The summed E-state index contributed by atoms with van der Waals surface area (Å²) in [5.41, 5.74) is 6.46. The molecule has 2 rings (SSSR count). The highest BCUT2D eigenvalue weighted by atomic mass is 16.5. The Labute approximate surface area is 174 Å². The molecule has 29 heavy (non-hydrogen) atoms. The first-order chi connectivity index (χ1) is 14.0. The van der Waals surface area contributed by atoms with Crippen LogP contribution in [0.1, 0.15) is 50.5 Å². The van der Waals surface area contributed by atoms with E-state index in [9.17, 15) is 15.0 Å². The van der Waals surface area contributed by atoms with E-state index >= 15 is 0 Å². The summed E-state index contributed by atoms with van der Waals surface area (Å²) in [5.74, 6) is 0.226. The molecule has 5 nitrogen and oxygen atoms in total. The third-order valence-electron chi connectivity index (χ3n) is 5.64. The van der Waals surface area contributed by atoms with Gasteiger partial charge in [-0.15, -0.1) is 0 Å². The maximum absolute atomic E-state index is 10.8. The number of carbonyl (C=O) groups is 1. The van der Waals surface area contributed by atoms with E-state index in [1.54, 1.807) is 7.11 Å². The van der Waals surface area contributed by atoms with Gasteiger partial charge in [-0.25, -0.2) is 0 Å². The topological polar surface area (TPSA) is 92.8 Å². The normalized spacial score (nSPS) is 24.9. The minimum Gasteiger partial charge on any atom is -0.501 e. The van der Waals surface area contributed by atoms with Crippen LogP contribution < -0.4 is 5.73 Å². The van der Waals surface area contributed by atoms with Gasteiger partial charge in [-0.2, -0.15) is 0 Å². The monoisotopic (exact) mass is 401 g/mol. The minimum absolute atomic E-state index is 0.0716. The largest absolute Gasteiger partial charge is 0.501 e. The molecule has 4 atom stereocenters. The lowest BCUT2D eigenvalue weighted by Crippen LogP contribution is -2.24. The molecule has 4 N–H and O–H groups in total. The highest BCUT2D eigenvalue weighted by Crippen LogP contribution is 2.40. The standard InChI is InChI=1S/C24H35NO4/c1-29-22(15-10-9-13-18-11-5-4-6-12-18)24-19(20(26)17-21(24)27)14-7-2-3-8-16-23(25)28/h2,4-7,11-12,15,19-21,24,26-27H,3,8-10,13-14,16-17H2,1H3,(H2,25,28)/t19?,20-,21+,24+/m1/s1. The average Bonchev–Trinajstić information content (AvgIpc) is 2.98. The predicted octanol–water partition coefficient (Wildman–Crippen LogP) is 3.50. The number of primary amides is 1. The van der Waals surface area contributed by atoms with Gasteiger partial charge in [0.05, 0.1) is 25.1 Å². The zero-order valence-electron chi connectivity index (χ0n) is 17.4. The molecular weight excluding hydrogens is 366 g/mol. The Bertz CT molecular complexity index is 671. The Morgan fingerprint density at radius 1 is 1.14 bits per heavy atom. The molecule has 1 aromatic rings. The van der Waals surface area contributed by atoms with Gasteiger partial charge in [-0.05, 0) is 50.2 Å². The Morgan fingerprint density at radius 2 is 1.90 bits per heavy atom. The van der Waals surface area contributed by atoms with Crippen molar-refractivity contribution in [1.82, 2.24) is 0 Å². The average molecular weight is 402 g/mol. The SMILES string of the molecule is COC(=CCCCc1ccccc1)[C@H]1C(CC=CCCCC(N)=O)[C@H](O)C[C@@H]1O. The second kappa shape index (κ2) is 12.5. The van der Waals surface area contributed by atoms with E-state index in [1.165, 1.54) is 5.56 Å². The number of nitrogens with two attached hydrogens (primary N) is 1. The molecule has 0 heterocycles. The van der Waals surface area contributed by atoms with Gasteiger partial charge in [-0.1, -0.05) is 42.5 Å². The van der Waals surface area contributed by atoms with E-state index in [1.807, 2.05) is 30.4 Å². The van der Waals surface area contributed by atoms with Crippen molar-refractivity contribution in [3.63, 3.8) is 0 Å². The molecule has 0 saturated heterocycles. The molecule has 1 saturated carbocycles. The number of aliphatic hydroxyl groups excluding tert-OH is 2. The minimum atomic E-state index is -0.599. The first-order valence-electron chi connectivity index (χ1n) is 10.6. The molecule has 0 aromatic heterocycles. The van der Waals surface area contributed by atoms with Crippen LogP contribution in [0.15, 0.2) is 54.3 Å². The summed E-state index contributed by atoms with van der Waals surface area (Å²) in [4.78, 5) is 10.8. The van der Waals surface area contributed by atoms with Gasteiger partial charge in [-0.3, -0.25) is 4.79 Å². The van der Waals surface area contributed by atoms with Gasteiger partial charge in [0.25, 0.3) is 0 Å². The van der Waals surface area contributed by atoms with Crippen LogP contribution in [-0.2, 0) is 16.0 Å². The highest BCUT2D eigenvalue weighted by molar-refractivity contribution is 5.73. The van der Waals surface area contributed by atoms with Crippen molar-refractivity contribution in [1.29, 1.82) is 0 Å². The smallest absolute Gasteiger partial charge is 0.217 e. The molecule has 1 unspecified atom stereocenters. The molecular formula is C24H35NO4. The predicted molar refractivity (Wildman–Crippen MR) is 115 cm³/mol. The summed E-state index contributed by atoms with van der Waals surface area (Å²) in [6, 6.07) is 10.4. The Morgan fingerprint density at radius 3 is 2.59 bits per heavy atom. The van der Waals surface area contributed by atoms with Crippen LogP contribution in [0.2, 0.25) is 0 Å². The molecule has 0 spiro atoms. The number of methoxy groups -OCH3 is 1. The van der Waals surface area contributed by atoms with Crippen molar-refractivity contribution in [3.8, 4) is 0 Å². The van der Waals surface area contributed by atoms with Crippen LogP contribution in [0.5, 0.6) is 0 Å². The number of aryl methyl sites for hydroxylation is 1. The van der Waals surface area contributed by atoms with E-state index in [2.05, 4.69) is 18.2 Å². The van der Waals surface area contributed by atoms with Gasteiger partial charge < -0.3 is 20.7 Å². The van der Waals surface area contributed by atoms with Crippen LogP contribution in [-0.4, -0.2) is 35.4 Å². The lowest BCUT2D eigenvalue weighted by Gasteiger charge is -2.24. The molecule has 160 valence electrons. The molecule has 1 amide bonds. The van der Waals surface area contributed by atoms with Gasteiger partial charge in [0, 0.05) is 24.7 Å². The molecule has 1 aliphatic carbocycles.